The molecule has 1 aromatic carbocycles. The summed E-state index contributed by atoms with van der Waals surface area (Å²) in [6, 6.07) is 8.11. The SMILES string of the molecule is Cc1nc(Cl)ccc1NCc1c(F)cccc1Cl. The zero-order valence-electron chi connectivity index (χ0n) is 9.67. The van der Waals surface area contributed by atoms with Crippen molar-refractivity contribution in [3.05, 3.63) is 57.6 Å². The minimum absolute atomic E-state index is 0.301. The summed E-state index contributed by atoms with van der Waals surface area (Å²) in [7, 11) is 0. The maximum Gasteiger partial charge on any atom is 0.129 e. The van der Waals surface area contributed by atoms with Crippen LogP contribution < -0.4 is 5.32 Å². The molecule has 0 fully saturated rings. The van der Waals surface area contributed by atoms with Gasteiger partial charge in [0, 0.05) is 17.1 Å². The number of halogens is 3. The third kappa shape index (κ3) is 2.92. The van der Waals surface area contributed by atoms with Gasteiger partial charge in [0.05, 0.1) is 11.4 Å². The molecule has 0 unspecified atom stereocenters. The summed E-state index contributed by atoms with van der Waals surface area (Å²) in [5.74, 6) is -0.324. The lowest BCUT2D eigenvalue weighted by molar-refractivity contribution is 0.613. The Bertz CT molecular complexity index is 553. The van der Waals surface area contributed by atoms with Crippen LogP contribution in [-0.2, 0) is 6.54 Å². The number of hydrogen-bond donors (Lipinski definition) is 1. The predicted molar refractivity (Wildman–Crippen MR) is 72.7 cm³/mol. The monoisotopic (exact) mass is 284 g/mol. The van der Waals surface area contributed by atoms with Crippen molar-refractivity contribution in [2.45, 2.75) is 13.5 Å². The topological polar surface area (TPSA) is 24.9 Å². The number of hydrogen-bond acceptors (Lipinski definition) is 2. The molecular formula is C13H11Cl2FN2. The van der Waals surface area contributed by atoms with E-state index in [0.29, 0.717) is 22.3 Å². The maximum absolute atomic E-state index is 13.6. The second-order valence-corrected chi connectivity index (χ2v) is 4.62. The third-order valence-corrected chi connectivity index (χ3v) is 3.13. The van der Waals surface area contributed by atoms with Gasteiger partial charge in [0.15, 0.2) is 0 Å². The van der Waals surface area contributed by atoms with Crippen LogP contribution in [0.4, 0.5) is 10.1 Å². The number of nitrogens with zero attached hydrogens (tertiary/aromatic N) is 1. The molecule has 94 valence electrons. The smallest absolute Gasteiger partial charge is 0.129 e. The van der Waals surface area contributed by atoms with Gasteiger partial charge in [-0.15, -0.1) is 0 Å². The van der Waals surface area contributed by atoms with E-state index in [1.807, 2.05) is 6.92 Å². The molecular weight excluding hydrogens is 274 g/mol. The summed E-state index contributed by atoms with van der Waals surface area (Å²) in [5, 5.41) is 3.93. The molecule has 0 aliphatic heterocycles. The Morgan fingerprint density at radius 1 is 1.22 bits per heavy atom. The maximum atomic E-state index is 13.6. The Morgan fingerprint density at radius 3 is 2.67 bits per heavy atom. The standard InChI is InChI=1S/C13H11Cl2FN2/c1-8-12(5-6-13(15)18-8)17-7-9-10(14)3-2-4-11(9)16/h2-6,17H,7H2,1H3. The molecule has 0 atom stereocenters. The number of benzene rings is 1. The van der Waals surface area contributed by atoms with Gasteiger partial charge in [0.2, 0.25) is 0 Å². The second-order valence-electron chi connectivity index (χ2n) is 3.82. The molecule has 2 rings (SSSR count). The van der Waals surface area contributed by atoms with Gasteiger partial charge >= 0.3 is 0 Å². The van der Waals surface area contributed by atoms with Crippen molar-refractivity contribution in [2.75, 3.05) is 5.32 Å². The molecule has 0 spiro atoms. The Hall–Kier alpha value is -1.32. The van der Waals surface area contributed by atoms with Crippen LogP contribution in [0.3, 0.4) is 0 Å². The average Bonchev–Trinajstić information content (AvgIpc) is 2.31. The van der Waals surface area contributed by atoms with Gasteiger partial charge in [-0.05, 0) is 31.2 Å². The van der Waals surface area contributed by atoms with E-state index in [-0.39, 0.29) is 5.82 Å². The highest BCUT2D eigenvalue weighted by Gasteiger charge is 2.07. The van der Waals surface area contributed by atoms with E-state index in [2.05, 4.69) is 10.3 Å². The zero-order valence-corrected chi connectivity index (χ0v) is 11.2. The highest BCUT2D eigenvalue weighted by molar-refractivity contribution is 6.31. The molecule has 18 heavy (non-hydrogen) atoms. The van der Waals surface area contributed by atoms with Gasteiger partial charge in [0.1, 0.15) is 11.0 Å². The molecule has 0 aliphatic rings. The Kier molecular flexibility index (Phi) is 4.04. The Labute approximate surface area is 115 Å². The Balaban J connectivity index is 2.16. The molecule has 5 heteroatoms. The molecule has 0 aliphatic carbocycles. The van der Waals surface area contributed by atoms with E-state index in [9.17, 15) is 4.39 Å². The molecule has 0 saturated carbocycles. The summed E-state index contributed by atoms with van der Waals surface area (Å²) >= 11 is 11.7. The van der Waals surface area contributed by atoms with Gasteiger partial charge in [-0.25, -0.2) is 9.37 Å². The van der Waals surface area contributed by atoms with Gasteiger partial charge in [0.25, 0.3) is 0 Å². The first-order valence-electron chi connectivity index (χ1n) is 5.38. The van der Waals surface area contributed by atoms with Gasteiger partial charge in [-0.2, -0.15) is 0 Å². The summed E-state index contributed by atoms with van der Waals surface area (Å²) in [6.07, 6.45) is 0. The fourth-order valence-corrected chi connectivity index (χ4v) is 2.02. The molecule has 1 aromatic heterocycles. The number of anilines is 1. The molecule has 2 aromatic rings. The number of nitrogens with one attached hydrogen (secondary N) is 1. The minimum Gasteiger partial charge on any atom is -0.379 e. The van der Waals surface area contributed by atoms with E-state index in [1.165, 1.54) is 6.07 Å². The third-order valence-electron chi connectivity index (χ3n) is 2.57. The van der Waals surface area contributed by atoms with E-state index in [4.69, 9.17) is 23.2 Å². The van der Waals surface area contributed by atoms with E-state index in [0.717, 1.165) is 11.4 Å². The fourth-order valence-electron chi connectivity index (χ4n) is 1.60. The summed E-state index contributed by atoms with van der Waals surface area (Å²) < 4.78 is 13.6. The second kappa shape index (κ2) is 5.55. The molecule has 0 radical (unpaired) electrons. The molecule has 0 amide bonds. The zero-order chi connectivity index (χ0) is 13.1. The first-order valence-corrected chi connectivity index (χ1v) is 6.13. The van der Waals surface area contributed by atoms with Crippen molar-refractivity contribution >= 4 is 28.9 Å². The average molecular weight is 285 g/mol. The van der Waals surface area contributed by atoms with Crippen LogP contribution in [0.1, 0.15) is 11.3 Å². The van der Waals surface area contributed by atoms with Crippen LogP contribution in [0.25, 0.3) is 0 Å². The number of aromatic nitrogens is 1. The van der Waals surface area contributed by atoms with Crippen molar-refractivity contribution < 1.29 is 4.39 Å². The lowest BCUT2D eigenvalue weighted by Gasteiger charge is -2.11. The molecule has 1 heterocycles. The molecule has 0 saturated heterocycles. The molecule has 0 bridgehead atoms. The number of pyridine rings is 1. The minimum atomic E-state index is -0.324. The predicted octanol–water partition coefficient (Wildman–Crippen LogP) is 4.45. The quantitative estimate of drug-likeness (QED) is 0.843. The van der Waals surface area contributed by atoms with Crippen molar-refractivity contribution in [3.63, 3.8) is 0 Å². The number of aryl methyl sites for hydroxylation is 1. The summed E-state index contributed by atoms with van der Waals surface area (Å²) in [4.78, 5) is 4.11. The van der Waals surface area contributed by atoms with Gasteiger partial charge in [-0.1, -0.05) is 29.3 Å². The van der Waals surface area contributed by atoms with E-state index >= 15 is 0 Å². The van der Waals surface area contributed by atoms with E-state index in [1.54, 1.807) is 24.3 Å². The normalized spacial score (nSPS) is 10.4. The van der Waals surface area contributed by atoms with Gasteiger partial charge in [-0.3, -0.25) is 0 Å². The van der Waals surface area contributed by atoms with Crippen LogP contribution in [0.15, 0.2) is 30.3 Å². The highest BCUT2D eigenvalue weighted by atomic mass is 35.5. The largest absolute Gasteiger partial charge is 0.379 e. The molecule has 2 nitrogen and oxygen atoms in total. The lowest BCUT2D eigenvalue weighted by atomic mass is 10.2. The van der Waals surface area contributed by atoms with Crippen LogP contribution in [0.2, 0.25) is 10.2 Å². The Morgan fingerprint density at radius 2 is 2.00 bits per heavy atom. The summed E-state index contributed by atoms with van der Waals surface area (Å²) in [6.45, 7) is 2.13. The fraction of sp³-hybridized carbons (Fsp3) is 0.154. The van der Waals surface area contributed by atoms with Crippen molar-refractivity contribution in [1.29, 1.82) is 0 Å². The van der Waals surface area contributed by atoms with Crippen LogP contribution in [-0.4, -0.2) is 4.98 Å². The van der Waals surface area contributed by atoms with Crippen LogP contribution in [0, 0.1) is 12.7 Å². The molecule has 1 N–H and O–H groups in total. The van der Waals surface area contributed by atoms with Crippen molar-refractivity contribution in [2.24, 2.45) is 0 Å². The summed E-state index contributed by atoms with van der Waals surface area (Å²) in [5.41, 5.74) is 2.00. The lowest BCUT2D eigenvalue weighted by Crippen LogP contribution is -2.04. The van der Waals surface area contributed by atoms with Crippen LogP contribution in [0.5, 0.6) is 0 Å². The van der Waals surface area contributed by atoms with Gasteiger partial charge < -0.3 is 5.32 Å². The first kappa shape index (κ1) is 13.1. The first-order chi connectivity index (χ1) is 8.58. The highest BCUT2D eigenvalue weighted by Crippen LogP contribution is 2.22. The van der Waals surface area contributed by atoms with Crippen molar-refractivity contribution in [3.8, 4) is 0 Å². The van der Waals surface area contributed by atoms with Crippen LogP contribution >= 0.6 is 23.2 Å². The number of rotatable bonds is 3. The van der Waals surface area contributed by atoms with E-state index < -0.39 is 0 Å². The van der Waals surface area contributed by atoms with Crippen molar-refractivity contribution in [1.82, 2.24) is 4.98 Å².